The Balaban J connectivity index is 2.31. The molecule has 0 radical (unpaired) electrons. The van der Waals surface area contributed by atoms with Crippen LogP contribution in [0.4, 0.5) is 15.9 Å². The fourth-order valence-corrected chi connectivity index (χ4v) is 2.08. The van der Waals surface area contributed by atoms with E-state index < -0.39 is 0 Å². The number of hydrogen-bond donors (Lipinski definition) is 1. The fraction of sp³-hybridized carbons (Fsp3) is 0.0833. The van der Waals surface area contributed by atoms with Crippen molar-refractivity contribution in [3.63, 3.8) is 0 Å². The van der Waals surface area contributed by atoms with Crippen molar-refractivity contribution in [1.82, 2.24) is 4.98 Å². The van der Waals surface area contributed by atoms with Crippen LogP contribution in [0.2, 0.25) is 5.02 Å². The van der Waals surface area contributed by atoms with E-state index in [-0.39, 0.29) is 5.82 Å². The van der Waals surface area contributed by atoms with Crippen LogP contribution in [0.3, 0.4) is 0 Å². The van der Waals surface area contributed by atoms with Gasteiger partial charge in [0.05, 0.1) is 5.02 Å². The molecule has 0 aliphatic rings. The molecule has 0 saturated heterocycles. The molecule has 1 aromatic carbocycles. The predicted molar refractivity (Wildman–Crippen MR) is 71.4 cm³/mol. The Kier molecular flexibility index (Phi) is 3.64. The molecule has 17 heavy (non-hydrogen) atoms. The molecular weight excluding hydrogens is 307 g/mol. The molecule has 1 aromatic heterocycles. The average molecular weight is 316 g/mol. The molecule has 0 saturated carbocycles. The molecule has 0 aliphatic heterocycles. The topological polar surface area (TPSA) is 24.9 Å². The number of benzene rings is 1. The third-order valence-electron chi connectivity index (χ3n) is 2.25. The molecule has 88 valence electrons. The van der Waals surface area contributed by atoms with E-state index in [9.17, 15) is 4.39 Å². The van der Waals surface area contributed by atoms with Crippen LogP contribution in [-0.2, 0) is 0 Å². The van der Waals surface area contributed by atoms with Gasteiger partial charge in [-0.15, -0.1) is 0 Å². The second-order valence-corrected chi connectivity index (χ2v) is 4.89. The van der Waals surface area contributed by atoms with E-state index in [1.54, 1.807) is 18.3 Å². The molecule has 0 atom stereocenters. The molecule has 0 fully saturated rings. The van der Waals surface area contributed by atoms with Gasteiger partial charge in [-0.2, -0.15) is 0 Å². The van der Waals surface area contributed by atoms with Crippen LogP contribution in [0, 0.1) is 12.7 Å². The Morgan fingerprint density at radius 1 is 1.35 bits per heavy atom. The Labute approximate surface area is 112 Å². The summed E-state index contributed by atoms with van der Waals surface area (Å²) in [6.07, 6.45) is 1.65. The Bertz CT molecular complexity index is 511. The summed E-state index contributed by atoms with van der Waals surface area (Å²) in [4.78, 5) is 4.15. The van der Waals surface area contributed by atoms with Crippen LogP contribution in [0.1, 0.15) is 5.56 Å². The maximum Gasteiger partial charge on any atom is 0.149 e. The van der Waals surface area contributed by atoms with Crippen molar-refractivity contribution in [3.8, 4) is 0 Å². The zero-order valence-corrected chi connectivity index (χ0v) is 11.3. The van der Waals surface area contributed by atoms with Gasteiger partial charge in [0.1, 0.15) is 11.6 Å². The monoisotopic (exact) mass is 314 g/mol. The van der Waals surface area contributed by atoms with E-state index in [4.69, 9.17) is 11.6 Å². The van der Waals surface area contributed by atoms with Gasteiger partial charge in [0.2, 0.25) is 0 Å². The summed E-state index contributed by atoms with van der Waals surface area (Å²) in [6.45, 7) is 1.82. The van der Waals surface area contributed by atoms with E-state index in [1.165, 1.54) is 12.1 Å². The van der Waals surface area contributed by atoms with Gasteiger partial charge < -0.3 is 5.32 Å². The normalized spacial score (nSPS) is 10.4. The summed E-state index contributed by atoms with van der Waals surface area (Å²) in [5, 5.41) is 3.57. The number of nitrogens with zero attached hydrogens (tertiary/aromatic N) is 1. The minimum Gasteiger partial charge on any atom is -0.339 e. The minimum absolute atomic E-state index is 0.261. The zero-order chi connectivity index (χ0) is 12.4. The smallest absolute Gasteiger partial charge is 0.149 e. The van der Waals surface area contributed by atoms with Gasteiger partial charge in [-0.05, 0) is 52.7 Å². The maximum absolute atomic E-state index is 12.9. The zero-order valence-electron chi connectivity index (χ0n) is 8.97. The fourth-order valence-electron chi connectivity index (χ4n) is 1.40. The molecule has 0 amide bonds. The van der Waals surface area contributed by atoms with Crippen molar-refractivity contribution < 1.29 is 4.39 Å². The van der Waals surface area contributed by atoms with Crippen molar-refractivity contribution >= 4 is 39.0 Å². The molecule has 5 heteroatoms. The number of rotatable bonds is 2. The first-order chi connectivity index (χ1) is 8.06. The van der Waals surface area contributed by atoms with Gasteiger partial charge in [-0.25, -0.2) is 9.37 Å². The van der Waals surface area contributed by atoms with E-state index in [0.29, 0.717) is 10.8 Å². The quantitative estimate of drug-likeness (QED) is 0.869. The highest BCUT2D eigenvalue weighted by molar-refractivity contribution is 9.10. The molecular formula is C12H9BrClFN2. The largest absolute Gasteiger partial charge is 0.339 e. The summed E-state index contributed by atoms with van der Waals surface area (Å²) >= 11 is 9.32. The Hall–Kier alpha value is -1.13. The highest BCUT2D eigenvalue weighted by Crippen LogP contribution is 2.27. The molecule has 1 N–H and O–H groups in total. The van der Waals surface area contributed by atoms with Crippen molar-refractivity contribution in [2.45, 2.75) is 6.92 Å². The lowest BCUT2D eigenvalue weighted by atomic mass is 10.2. The highest BCUT2D eigenvalue weighted by Gasteiger charge is 2.05. The number of pyridine rings is 1. The molecule has 0 bridgehead atoms. The number of halogens is 3. The van der Waals surface area contributed by atoms with E-state index >= 15 is 0 Å². The minimum atomic E-state index is -0.261. The Morgan fingerprint density at radius 2 is 2.12 bits per heavy atom. The molecule has 2 aromatic rings. The van der Waals surface area contributed by atoms with Crippen molar-refractivity contribution in [2.24, 2.45) is 0 Å². The van der Waals surface area contributed by atoms with Gasteiger partial charge in [-0.1, -0.05) is 11.6 Å². The van der Waals surface area contributed by atoms with Crippen LogP contribution in [0.5, 0.6) is 0 Å². The van der Waals surface area contributed by atoms with Crippen molar-refractivity contribution in [2.75, 3.05) is 5.32 Å². The van der Waals surface area contributed by atoms with E-state index in [2.05, 4.69) is 26.2 Å². The molecule has 2 nitrogen and oxygen atoms in total. The highest BCUT2D eigenvalue weighted by atomic mass is 79.9. The standard InChI is InChI=1S/C12H9BrClFN2/c1-7-4-9(15)2-3-11(7)17-12-10(14)5-8(13)6-16-12/h2-6H,1H3,(H,16,17). The maximum atomic E-state index is 12.9. The summed E-state index contributed by atoms with van der Waals surface area (Å²) in [5.74, 6) is 0.285. The van der Waals surface area contributed by atoms with Gasteiger partial charge in [0.25, 0.3) is 0 Å². The first-order valence-electron chi connectivity index (χ1n) is 4.90. The summed E-state index contributed by atoms with van der Waals surface area (Å²) in [6, 6.07) is 6.25. The van der Waals surface area contributed by atoms with Crippen LogP contribution >= 0.6 is 27.5 Å². The van der Waals surface area contributed by atoms with Crippen LogP contribution < -0.4 is 5.32 Å². The third kappa shape index (κ3) is 2.96. The van der Waals surface area contributed by atoms with E-state index in [0.717, 1.165) is 15.7 Å². The number of aryl methyl sites for hydroxylation is 1. The lowest BCUT2D eigenvalue weighted by Gasteiger charge is -2.10. The number of nitrogens with one attached hydrogen (secondary N) is 1. The average Bonchev–Trinajstić information content (AvgIpc) is 2.25. The van der Waals surface area contributed by atoms with Gasteiger partial charge in [-0.3, -0.25) is 0 Å². The van der Waals surface area contributed by atoms with Crippen molar-refractivity contribution in [1.29, 1.82) is 0 Å². The van der Waals surface area contributed by atoms with Crippen molar-refractivity contribution in [3.05, 3.63) is 51.3 Å². The SMILES string of the molecule is Cc1cc(F)ccc1Nc1ncc(Br)cc1Cl. The summed E-state index contributed by atoms with van der Waals surface area (Å²) in [7, 11) is 0. The van der Waals surface area contributed by atoms with Crippen LogP contribution in [0.25, 0.3) is 0 Å². The van der Waals surface area contributed by atoms with Gasteiger partial charge in [0, 0.05) is 16.4 Å². The number of aromatic nitrogens is 1. The molecule has 0 spiro atoms. The summed E-state index contributed by atoms with van der Waals surface area (Å²) < 4.78 is 13.8. The van der Waals surface area contributed by atoms with Gasteiger partial charge >= 0.3 is 0 Å². The lowest BCUT2D eigenvalue weighted by molar-refractivity contribution is 0.627. The Morgan fingerprint density at radius 3 is 2.76 bits per heavy atom. The lowest BCUT2D eigenvalue weighted by Crippen LogP contribution is -1.96. The molecule has 0 aliphatic carbocycles. The first-order valence-corrected chi connectivity index (χ1v) is 6.07. The molecule has 1 heterocycles. The number of anilines is 2. The van der Waals surface area contributed by atoms with Crippen LogP contribution in [0.15, 0.2) is 34.9 Å². The van der Waals surface area contributed by atoms with E-state index in [1.807, 2.05) is 6.92 Å². The second kappa shape index (κ2) is 5.02. The molecule has 0 unspecified atom stereocenters. The third-order valence-corrected chi connectivity index (χ3v) is 2.97. The predicted octanol–water partition coefficient (Wildman–Crippen LogP) is 4.69. The van der Waals surface area contributed by atoms with Crippen LogP contribution in [-0.4, -0.2) is 4.98 Å². The molecule has 2 rings (SSSR count). The summed E-state index contributed by atoms with van der Waals surface area (Å²) in [5.41, 5.74) is 1.58. The van der Waals surface area contributed by atoms with Gasteiger partial charge in [0.15, 0.2) is 0 Å². The second-order valence-electron chi connectivity index (χ2n) is 3.57. The first kappa shape index (κ1) is 12.3. The number of hydrogen-bond acceptors (Lipinski definition) is 2.